The monoisotopic (exact) mass is 970 g/mol. The Morgan fingerprint density at radius 3 is 2.00 bits per heavy atom. The van der Waals surface area contributed by atoms with Gasteiger partial charge in [0.15, 0.2) is 20.3 Å². The number of nitrogens with zero attached hydrogens (tertiary/aromatic N) is 4. The van der Waals surface area contributed by atoms with Gasteiger partial charge in [-0.15, -0.1) is 0 Å². The van der Waals surface area contributed by atoms with Crippen molar-refractivity contribution in [2.75, 3.05) is 57.1 Å². The van der Waals surface area contributed by atoms with Crippen molar-refractivity contribution in [1.29, 1.82) is 0 Å². The average molecular weight is 971 g/mol. The predicted octanol–water partition coefficient (Wildman–Crippen LogP) is -1.88. The maximum Gasteiger partial charge on any atom is 1.00 e. The summed E-state index contributed by atoms with van der Waals surface area (Å²) in [6, 6.07) is 29.5. The van der Waals surface area contributed by atoms with Gasteiger partial charge >= 0.3 is 71.1 Å². The molecule has 5 rings (SSSR count). The Balaban J connectivity index is 0.00000561. The van der Waals surface area contributed by atoms with Crippen molar-refractivity contribution in [3.05, 3.63) is 131 Å². The van der Waals surface area contributed by atoms with Gasteiger partial charge in [-0.2, -0.15) is 0 Å². The number of carbonyl (C=O) groups excluding carboxylic acids is 2. The molecule has 0 radical (unpaired) electrons. The van der Waals surface area contributed by atoms with Crippen LogP contribution in [0.15, 0.2) is 119 Å². The first kappa shape index (κ1) is 55.9. The Labute approximate surface area is 421 Å². The van der Waals surface area contributed by atoms with Gasteiger partial charge in [0, 0.05) is 57.1 Å². The molecule has 23 heteroatoms. The number of anilines is 2. The van der Waals surface area contributed by atoms with E-state index in [4.69, 9.17) is 24.1 Å². The smallest absolute Gasteiger partial charge is 0.776 e. The van der Waals surface area contributed by atoms with Crippen molar-refractivity contribution >= 4 is 65.5 Å². The van der Waals surface area contributed by atoms with Crippen molar-refractivity contribution in [1.82, 2.24) is 4.90 Å². The Morgan fingerprint density at radius 1 is 0.785 bits per heavy atom. The number of fused-ring (bicyclic) bond motifs is 1. The molecule has 0 amide bonds. The summed E-state index contributed by atoms with van der Waals surface area (Å²) < 4.78 is 62.6. The molecule has 336 valence electrons. The van der Waals surface area contributed by atoms with E-state index in [1.54, 1.807) is 54.6 Å². The Morgan fingerprint density at radius 2 is 1.37 bits per heavy atom. The molecule has 18 nitrogen and oxygen atoms in total. The maximum absolute atomic E-state index is 13.8. The zero-order valence-corrected chi connectivity index (χ0v) is 43.2. The molecule has 0 bridgehead atoms. The van der Waals surface area contributed by atoms with Crippen LogP contribution in [-0.2, 0) is 35.3 Å². The van der Waals surface area contributed by atoms with E-state index in [-0.39, 0.29) is 101 Å². The third kappa shape index (κ3) is 14.3. The van der Waals surface area contributed by atoms with Gasteiger partial charge in [0.1, 0.15) is 12.4 Å². The third-order valence-corrected chi connectivity index (χ3v) is 15.5. The van der Waals surface area contributed by atoms with Gasteiger partial charge in [-0.3, -0.25) is 4.31 Å². The molecule has 5 aromatic rings. The summed E-state index contributed by atoms with van der Waals surface area (Å²) in [6.07, 6.45) is 0.716. The number of esters is 1. The molecule has 0 aromatic heterocycles. The van der Waals surface area contributed by atoms with Gasteiger partial charge in [0.2, 0.25) is 0 Å². The quantitative estimate of drug-likeness (QED) is 0.0147. The SMILES string of the molecule is CN(CCCOc1cccc(/C=N/OC(=O)c2ccc(COC(=O)c3ccc(N(C)S(=O)(=O)c4cccc5c(N(C)C)cccc45)cc3)cc2)c1)CCC(O)(P(=O)([O-])O)P(=O)([O-])O.[Na+].[Na+]. The van der Waals surface area contributed by atoms with Crippen LogP contribution in [-0.4, -0.2) is 99.3 Å². The molecule has 5 aromatic carbocycles. The number of hydrogen-bond donors (Lipinski definition) is 3. The number of benzene rings is 5. The van der Waals surface area contributed by atoms with Crippen LogP contribution in [0, 0.1) is 0 Å². The van der Waals surface area contributed by atoms with Gasteiger partial charge in [-0.25, -0.2) is 18.0 Å². The summed E-state index contributed by atoms with van der Waals surface area (Å²) in [5.41, 5.74) is 2.75. The van der Waals surface area contributed by atoms with E-state index in [1.165, 1.54) is 61.6 Å². The van der Waals surface area contributed by atoms with E-state index in [2.05, 4.69) is 5.16 Å². The van der Waals surface area contributed by atoms with E-state index >= 15 is 0 Å². The molecule has 0 fully saturated rings. The standard InChI is InChI=1S/C42H48N4O14P2S.2Na/c1-44(2)38-13-6-12-37-36(38)11-7-14-39(37)63(56,57)46(4)34-21-19-32(20-22-34)40(47)59-29-30-15-17-33(18-16-30)41(48)60-43-28-31-9-5-10-35(27-31)58-26-8-24-45(3)25-23-42(49,61(50,51)52)62(53,54)55;;/h5-7,9-22,27-28,49H,8,23-26,29H2,1-4H3,(H2,50,51,52)(H2,53,54,55);;/q;2*+1/p-2/b43-28+;;. The van der Waals surface area contributed by atoms with E-state index in [0.717, 1.165) is 15.4 Å². The van der Waals surface area contributed by atoms with Gasteiger partial charge < -0.3 is 57.9 Å². The van der Waals surface area contributed by atoms with Crippen molar-refractivity contribution in [2.45, 2.75) is 29.4 Å². The van der Waals surface area contributed by atoms with E-state index in [1.807, 2.05) is 37.2 Å². The van der Waals surface area contributed by atoms with Crippen molar-refractivity contribution in [3.63, 3.8) is 0 Å². The predicted molar refractivity (Wildman–Crippen MR) is 232 cm³/mol. The summed E-state index contributed by atoms with van der Waals surface area (Å²) in [4.78, 5) is 75.1. The zero-order valence-electron chi connectivity index (χ0n) is 36.6. The second-order valence-electron chi connectivity index (χ2n) is 14.6. The summed E-state index contributed by atoms with van der Waals surface area (Å²) >= 11 is 0. The Hall–Kier alpha value is -3.46. The van der Waals surface area contributed by atoms with Crippen molar-refractivity contribution in [2.24, 2.45) is 5.16 Å². The van der Waals surface area contributed by atoms with Gasteiger partial charge in [0.25, 0.3) is 10.0 Å². The zero-order chi connectivity index (χ0) is 46.2. The van der Waals surface area contributed by atoms with Crippen LogP contribution in [0.25, 0.3) is 10.8 Å². The molecule has 2 atom stereocenters. The summed E-state index contributed by atoms with van der Waals surface area (Å²) in [5.74, 6) is -0.931. The van der Waals surface area contributed by atoms with Crippen molar-refractivity contribution < 1.29 is 125 Å². The molecule has 0 heterocycles. The first-order valence-electron chi connectivity index (χ1n) is 19.1. The Kier molecular flexibility index (Phi) is 20.6. The van der Waals surface area contributed by atoms with Crippen LogP contribution in [0.2, 0.25) is 0 Å². The minimum absolute atomic E-state index is 0. The number of rotatable bonds is 20. The number of hydrogen-bond acceptors (Lipinski definition) is 15. The molecule has 0 aliphatic carbocycles. The van der Waals surface area contributed by atoms with E-state index in [9.17, 15) is 42.0 Å². The molecular formula is C42H46N4Na2O14P2S. The molecule has 0 saturated carbocycles. The second kappa shape index (κ2) is 24.0. The summed E-state index contributed by atoms with van der Waals surface area (Å²) in [6.45, 7) is 0.0683. The maximum atomic E-state index is 13.8. The fraction of sp³-hybridized carbons (Fsp3) is 0.262. The van der Waals surface area contributed by atoms with Crippen LogP contribution in [0.4, 0.5) is 11.4 Å². The van der Waals surface area contributed by atoms with Crippen LogP contribution in [0.5, 0.6) is 5.75 Å². The molecular weight excluding hydrogens is 924 g/mol. The number of oxime groups is 1. The molecule has 0 aliphatic rings. The van der Waals surface area contributed by atoms with E-state index in [0.29, 0.717) is 34.4 Å². The van der Waals surface area contributed by atoms with Gasteiger partial charge in [-0.05, 0) is 85.3 Å². The minimum atomic E-state index is -5.84. The van der Waals surface area contributed by atoms with Crippen LogP contribution >= 0.6 is 15.2 Å². The summed E-state index contributed by atoms with van der Waals surface area (Å²) in [7, 11) is -8.91. The second-order valence-corrected chi connectivity index (χ2v) is 20.4. The average Bonchev–Trinajstić information content (AvgIpc) is 3.24. The summed E-state index contributed by atoms with van der Waals surface area (Å²) in [5, 5.41) is 11.4. The van der Waals surface area contributed by atoms with Crippen LogP contribution < -0.4 is 82.8 Å². The molecule has 65 heavy (non-hydrogen) atoms. The number of sulfonamides is 1. The fourth-order valence-electron chi connectivity index (χ4n) is 6.23. The van der Waals surface area contributed by atoms with E-state index < -0.39 is 48.7 Å². The van der Waals surface area contributed by atoms with Crippen molar-refractivity contribution in [3.8, 4) is 5.75 Å². The molecule has 0 saturated heterocycles. The number of ether oxygens (including phenoxy) is 2. The largest absolute Gasteiger partial charge is 1.00 e. The Bertz CT molecular complexity index is 2640. The molecule has 3 N–H and O–H groups in total. The number of aliphatic hydroxyl groups is 1. The fourth-order valence-corrected chi connectivity index (χ4v) is 9.68. The first-order valence-corrected chi connectivity index (χ1v) is 23.7. The van der Waals surface area contributed by atoms with Gasteiger partial charge in [0.05, 0.1) is 34.5 Å². The van der Waals surface area contributed by atoms with Gasteiger partial charge in [-0.1, -0.05) is 53.7 Å². The van der Waals surface area contributed by atoms with Crippen LogP contribution in [0.3, 0.4) is 0 Å². The number of carbonyl (C=O) groups is 2. The first-order chi connectivity index (χ1) is 29.6. The normalized spacial score (nSPS) is 14.2. The van der Waals surface area contributed by atoms with Crippen LogP contribution in [0.1, 0.15) is 44.7 Å². The third-order valence-electron chi connectivity index (χ3n) is 9.89. The molecule has 2 unspecified atom stereocenters. The minimum Gasteiger partial charge on any atom is -0.776 e. The topological polar surface area (TPSA) is 259 Å². The molecule has 0 spiro atoms. The molecule has 0 aliphatic heterocycles.